The van der Waals surface area contributed by atoms with Gasteiger partial charge in [-0.1, -0.05) is 6.42 Å². The van der Waals surface area contributed by atoms with Gasteiger partial charge in [0.1, 0.15) is 0 Å². The number of piperidine rings is 1. The van der Waals surface area contributed by atoms with Crippen LogP contribution < -0.4 is 0 Å². The van der Waals surface area contributed by atoms with Crippen LogP contribution in [0.1, 0.15) is 25.7 Å². The van der Waals surface area contributed by atoms with Crippen LogP contribution in [-0.4, -0.2) is 66.3 Å². The maximum absolute atomic E-state index is 13.2. The molecule has 2 aliphatic heterocycles. The van der Waals surface area contributed by atoms with E-state index in [0.29, 0.717) is 6.54 Å². The van der Waals surface area contributed by atoms with Gasteiger partial charge in [0, 0.05) is 37.0 Å². The molecule has 0 N–H and O–H groups in total. The van der Waals surface area contributed by atoms with Crippen LogP contribution in [0, 0.1) is 10.1 Å². The standard InChI is InChI=1S/C17H25N3O4S2/c21-20(22)15-5-7-17(8-6-15)26(23,24)19-11-4-12-25-14-16(19)13-18-9-2-1-3-10-18/h5-8,16H,1-4,9-14H2. The SMILES string of the molecule is O=[N+]([O-])c1ccc(S(=O)(=O)N2CCCSCC2CN2CCCCC2)cc1. The lowest BCUT2D eigenvalue weighted by molar-refractivity contribution is -0.384. The van der Waals surface area contributed by atoms with Crippen LogP contribution in [0.2, 0.25) is 0 Å². The first-order valence-electron chi connectivity index (χ1n) is 9.05. The lowest BCUT2D eigenvalue weighted by atomic mass is 10.1. The number of nitro benzene ring substituents is 1. The van der Waals surface area contributed by atoms with Crippen molar-refractivity contribution in [2.45, 2.75) is 36.6 Å². The van der Waals surface area contributed by atoms with E-state index in [-0.39, 0.29) is 16.6 Å². The number of hydrogen-bond donors (Lipinski definition) is 0. The Balaban J connectivity index is 1.82. The van der Waals surface area contributed by atoms with Gasteiger partial charge in [0.05, 0.1) is 9.82 Å². The fourth-order valence-electron chi connectivity index (χ4n) is 3.58. The first-order valence-corrected chi connectivity index (χ1v) is 11.6. The zero-order valence-electron chi connectivity index (χ0n) is 14.7. The number of hydrogen-bond acceptors (Lipinski definition) is 6. The lowest BCUT2D eigenvalue weighted by Gasteiger charge is -2.35. The Hall–Kier alpha value is -1.16. The molecule has 0 saturated carbocycles. The summed E-state index contributed by atoms with van der Waals surface area (Å²) < 4.78 is 28.0. The van der Waals surface area contributed by atoms with Gasteiger partial charge in [0.25, 0.3) is 5.69 Å². The molecule has 1 aromatic carbocycles. The molecule has 0 amide bonds. The van der Waals surface area contributed by atoms with Crippen molar-refractivity contribution in [1.29, 1.82) is 0 Å². The molecule has 2 aliphatic rings. The average molecular weight is 400 g/mol. The Morgan fingerprint density at radius 2 is 1.77 bits per heavy atom. The predicted octanol–water partition coefficient (Wildman–Crippen LogP) is 2.58. The van der Waals surface area contributed by atoms with Gasteiger partial charge in [-0.2, -0.15) is 16.1 Å². The molecule has 1 aromatic rings. The van der Waals surface area contributed by atoms with E-state index in [4.69, 9.17) is 0 Å². The summed E-state index contributed by atoms with van der Waals surface area (Å²) in [5.41, 5.74) is -0.0970. The molecule has 2 saturated heterocycles. The van der Waals surface area contributed by atoms with E-state index >= 15 is 0 Å². The lowest BCUT2D eigenvalue weighted by Crippen LogP contribution is -2.49. The summed E-state index contributed by atoms with van der Waals surface area (Å²) in [5, 5.41) is 10.8. The van der Waals surface area contributed by atoms with E-state index in [1.807, 2.05) is 11.8 Å². The number of nitrogens with zero attached hydrogens (tertiary/aromatic N) is 3. The third kappa shape index (κ3) is 4.57. The van der Waals surface area contributed by atoms with Crippen molar-refractivity contribution >= 4 is 27.5 Å². The van der Waals surface area contributed by atoms with Crippen LogP contribution in [-0.2, 0) is 10.0 Å². The van der Waals surface area contributed by atoms with Crippen LogP contribution >= 0.6 is 11.8 Å². The largest absolute Gasteiger partial charge is 0.302 e. The van der Waals surface area contributed by atoms with Gasteiger partial charge >= 0.3 is 0 Å². The zero-order chi connectivity index (χ0) is 18.6. The summed E-state index contributed by atoms with van der Waals surface area (Å²) in [7, 11) is -3.66. The second-order valence-corrected chi connectivity index (χ2v) is 9.85. The van der Waals surface area contributed by atoms with Crippen LogP contribution in [0.3, 0.4) is 0 Å². The molecule has 7 nitrogen and oxygen atoms in total. The van der Waals surface area contributed by atoms with Crippen molar-refractivity contribution < 1.29 is 13.3 Å². The number of thioether (sulfide) groups is 1. The number of benzene rings is 1. The van der Waals surface area contributed by atoms with Gasteiger partial charge in [0.15, 0.2) is 0 Å². The van der Waals surface area contributed by atoms with Crippen molar-refractivity contribution in [3.63, 3.8) is 0 Å². The van der Waals surface area contributed by atoms with E-state index < -0.39 is 14.9 Å². The Morgan fingerprint density at radius 1 is 1.08 bits per heavy atom. The third-order valence-corrected chi connectivity index (χ3v) is 8.12. The highest BCUT2D eigenvalue weighted by Gasteiger charge is 2.34. The molecule has 1 unspecified atom stereocenters. The number of sulfonamides is 1. The molecular weight excluding hydrogens is 374 g/mol. The Bertz CT molecular complexity index is 718. The zero-order valence-corrected chi connectivity index (χ0v) is 16.4. The second kappa shape index (κ2) is 8.69. The molecule has 1 atom stereocenters. The molecule has 0 bridgehead atoms. The normalized spacial score (nSPS) is 23.5. The average Bonchev–Trinajstić information content (AvgIpc) is 2.88. The van der Waals surface area contributed by atoms with Crippen molar-refractivity contribution in [1.82, 2.24) is 9.21 Å². The van der Waals surface area contributed by atoms with Gasteiger partial charge in [-0.25, -0.2) is 8.42 Å². The minimum atomic E-state index is -3.66. The molecule has 0 aromatic heterocycles. The number of rotatable bonds is 5. The first kappa shape index (κ1) is 19.6. The summed E-state index contributed by atoms with van der Waals surface area (Å²) in [6.07, 6.45) is 4.43. The first-order chi connectivity index (χ1) is 12.5. The molecule has 0 radical (unpaired) electrons. The van der Waals surface area contributed by atoms with Crippen molar-refractivity contribution in [3.05, 3.63) is 34.4 Å². The Kier molecular flexibility index (Phi) is 6.55. The molecule has 26 heavy (non-hydrogen) atoms. The highest BCUT2D eigenvalue weighted by Crippen LogP contribution is 2.26. The van der Waals surface area contributed by atoms with E-state index in [9.17, 15) is 18.5 Å². The highest BCUT2D eigenvalue weighted by molar-refractivity contribution is 7.99. The molecule has 3 rings (SSSR count). The van der Waals surface area contributed by atoms with Gasteiger partial charge in [-0.05, 0) is 50.2 Å². The predicted molar refractivity (Wildman–Crippen MR) is 103 cm³/mol. The molecule has 0 spiro atoms. The highest BCUT2D eigenvalue weighted by atomic mass is 32.2. The fourth-order valence-corrected chi connectivity index (χ4v) is 6.39. The van der Waals surface area contributed by atoms with Crippen LogP contribution in [0.5, 0.6) is 0 Å². The number of non-ortho nitro benzene ring substituents is 1. The summed E-state index contributed by atoms with van der Waals surface area (Å²) in [5.74, 6) is 1.76. The summed E-state index contributed by atoms with van der Waals surface area (Å²) in [6.45, 7) is 3.34. The van der Waals surface area contributed by atoms with Crippen LogP contribution in [0.15, 0.2) is 29.2 Å². The van der Waals surface area contributed by atoms with Crippen LogP contribution in [0.4, 0.5) is 5.69 Å². The monoisotopic (exact) mass is 399 g/mol. The summed E-state index contributed by atoms with van der Waals surface area (Å²) in [4.78, 5) is 12.8. The van der Waals surface area contributed by atoms with E-state index in [1.54, 1.807) is 4.31 Å². The van der Waals surface area contributed by atoms with Gasteiger partial charge < -0.3 is 4.90 Å². The number of likely N-dealkylation sites (tertiary alicyclic amines) is 1. The van der Waals surface area contributed by atoms with Gasteiger partial charge in [-0.15, -0.1) is 0 Å². The fraction of sp³-hybridized carbons (Fsp3) is 0.647. The van der Waals surface area contributed by atoms with E-state index in [1.165, 1.54) is 43.5 Å². The van der Waals surface area contributed by atoms with Gasteiger partial charge in [0.2, 0.25) is 10.0 Å². The van der Waals surface area contributed by atoms with E-state index in [2.05, 4.69) is 4.90 Å². The minimum Gasteiger partial charge on any atom is -0.302 e. The molecule has 0 aliphatic carbocycles. The second-order valence-electron chi connectivity index (χ2n) is 6.81. The quantitative estimate of drug-likeness (QED) is 0.559. The topological polar surface area (TPSA) is 83.8 Å². The summed E-state index contributed by atoms with van der Waals surface area (Å²) >= 11 is 1.81. The maximum atomic E-state index is 13.2. The maximum Gasteiger partial charge on any atom is 0.269 e. The Labute approximate surface area is 158 Å². The van der Waals surface area contributed by atoms with Gasteiger partial charge in [-0.3, -0.25) is 10.1 Å². The van der Waals surface area contributed by atoms with Crippen molar-refractivity contribution in [2.24, 2.45) is 0 Å². The molecular formula is C17H25N3O4S2. The van der Waals surface area contributed by atoms with Crippen LogP contribution in [0.25, 0.3) is 0 Å². The number of nitro groups is 1. The molecule has 144 valence electrons. The molecule has 2 heterocycles. The smallest absolute Gasteiger partial charge is 0.269 e. The van der Waals surface area contributed by atoms with Crippen molar-refractivity contribution in [3.8, 4) is 0 Å². The summed E-state index contributed by atoms with van der Waals surface area (Å²) in [6, 6.07) is 5.17. The van der Waals surface area contributed by atoms with Crippen molar-refractivity contribution in [2.75, 3.05) is 37.7 Å². The minimum absolute atomic E-state index is 0.0548. The molecule has 2 fully saturated rings. The molecule has 9 heteroatoms. The van der Waals surface area contributed by atoms with E-state index in [0.717, 1.165) is 37.6 Å². The Morgan fingerprint density at radius 3 is 2.42 bits per heavy atom. The third-order valence-electron chi connectivity index (χ3n) is 4.96.